The summed E-state index contributed by atoms with van der Waals surface area (Å²) in [7, 11) is 0. The molecule has 2 atom stereocenters. The van der Waals surface area contributed by atoms with Gasteiger partial charge < -0.3 is 19.3 Å². The fraction of sp³-hybridized carbons (Fsp3) is 0.938. The highest BCUT2D eigenvalue weighted by Gasteiger charge is 2.05. The second-order valence-electron chi connectivity index (χ2n) is 5.12. The van der Waals surface area contributed by atoms with Crippen LogP contribution < -0.4 is 0 Å². The van der Waals surface area contributed by atoms with E-state index in [0.717, 1.165) is 13.2 Å². The Bertz CT molecular complexity index is 213. The normalized spacial score (nSPS) is 13.0. The van der Waals surface area contributed by atoms with Gasteiger partial charge in [-0.25, -0.2) is 0 Å². The number of hydrogen-bond acceptors (Lipinski definition) is 5. The molecule has 0 heterocycles. The van der Waals surface area contributed by atoms with Crippen LogP contribution in [-0.4, -0.2) is 49.7 Å². The molecule has 0 aliphatic heterocycles. The average molecular weight is 306 g/mol. The third-order valence-electron chi connectivity index (χ3n) is 2.43. The number of rotatable bonds is 11. The zero-order chi connectivity index (χ0) is 16.5. The number of esters is 1. The van der Waals surface area contributed by atoms with E-state index >= 15 is 0 Å². The van der Waals surface area contributed by atoms with Gasteiger partial charge in [-0.2, -0.15) is 0 Å². The van der Waals surface area contributed by atoms with Gasteiger partial charge in [0.15, 0.2) is 0 Å². The van der Waals surface area contributed by atoms with Gasteiger partial charge in [-0.3, -0.25) is 4.79 Å². The minimum Gasteiger partial charge on any atom is -0.463 e. The van der Waals surface area contributed by atoms with Crippen LogP contribution in [0.2, 0.25) is 0 Å². The molecule has 21 heavy (non-hydrogen) atoms. The van der Waals surface area contributed by atoms with E-state index in [1.807, 2.05) is 0 Å². The molecule has 0 aliphatic carbocycles. The molecule has 2 unspecified atom stereocenters. The molecular weight excluding hydrogens is 272 g/mol. The van der Waals surface area contributed by atoms with E-state index in [9.17, 15) is 4.79 Å². The maximum absolute atomic E-state index is 10.4. The quantitative estimate of drug-likeness (QED) is 0.469. The molecule has 0 bridgehead atoms. The van der Waals surface area contributed by atoms with Crippen molar-refractivity contribution in [3.63, 3.8) is 0 Å². The number of unbranched alkanes of at least 4 members (excludes halogenated alkanes) is 2. The summed E-state index contributed by atoms with van der Waals surface area (Å²) in [5.74, 6) is -0.317. The maximum Gasteiger partial charge on any atom is 0.302 e. The first-order chi connectivity index (χ1) is 9.93. The number of aliphatic hydroxyl groups is 1. The molecule has 0 aromatic heterocycles. The van der Waals surface area contributed by atoms with Gasteiger partial charge in [-0.15, -0.1) is 0 Å². The predicted molar refractivity (Wildman–Crippen MR) is 84.4 cm³/mol. The van der Waals surface area contributed by atoms with Crippen molar-refractivity contribution >= 4 is 5.97 Å². The van der Waals surface area contributed by atoms with Crippen molar-refractivity contribution in [2.24, 2.45) is 0 Å². The topological polar surface area (TPSA) is 65.0 Å². The molecule has 0 saturated heterocycles. The van der Waals surface area contributed by atoms with E-state index in [2.05, 4.69) is 13.8 Å². The van der Waals surface area contributed by atoms with Crippen molar-refractivity contribution in [1.82, 2.24) is 0 Å². The first kappa shape index (κ1) is 22.6. The fourth-order valence-electron chi connectivity index (χ4n) is 1.18. The van der Waals surface area contributed by atoms with Gasteiger partial charge in [0.1, 0.15) is 6.61 Å². The van der Waals surface area contributed by atoms with Gasteiger partial charge in [-0.05, 0) is 26.7 Å². The van der Waals surface area contributed by atoms with Crippen LogP contribution in [0.1, 0.15) is 60.3 Å². The number of aliphatic hydroxyl groups excluding tert-OH is 1. The van der Waals surface area contributed by atoms with Gasteiger partial charge in [-0.1, -0.05) is 26.7 Å². The van der Waals surface area contributed by atoms with Crippen molar-refractivity contribution in [2.45, 2.75) is 72.5 Å². The van der Waals surface area contributed by atoms with Crippen LogP contribution >= 0.6 is 0 Å². The molecule has 0 radical (unpaired) electrons. The Hall–Kier alpha value is -0.650. The number of carbonyl (C=O) groups excluding carboxylic acids is 1. The Morgan fingerprint density at radius 1 is 1.05 bits per heavy atom. The summed E-state index contributed by atoms with van der Waals surface area (Å²) >= 11 is 0. The molecule has 1 N–H and O–H groups in total. The van der Waals surface area contributed by atoms with Crippen LogP contribution in [0.4, 0.5) is 0 Å². The largest absolute Gasteiger partial charge is 0.463 e. The number of carbonyl (C=O) groups is 1. The Kier molecular flexibility index (Phi) is 18.8. The van der Waals surface area contributed by atoms with E-state index in [1.54, 1.807) is 13.8 Å². The molecule has 5 heteroatoms. The minimum absolute atomic E-state index is 0.163. The minimum atomic E-state index is -0.482. The van der Waals surface area contributed by atoms with Crippen LogP contribution in [0.15, 0.2) is 0 Å². The predicted octanol–water partition coefficient (Wildman–Crippen LogP) is 2.94. The lowest BCUT2D eigenvalue weighted by Crippen LogP contribution is -2.22. The van der Waals surface area contributed by atoms with E-state index in [1.165, 1.54) is 32.6 Å². The monoisotopic (exact) mass is 306 g/mol. The molecule has 0 aromatic carbocycles. The van der Waals surface area contributed by atoms with Gasteiger partial charge in [0, 0.05) is 20.1 Å². The number of ether oxygens (including phenoxy) is 3. The first-order valence-corrected chi connectivity index (χ1v) is 7.94. The lowest BCUT2D eigenvalue weighted by atomic mass is 10.3. The Morgan fingerprint density at radius 3 is 1.95 bits per heavy atom. The molecule has 0 aliphatic rings. The van der Waals surface area contributed by atoms with E-state index in [4.69, 9.17) is 19.3 Å². The molecule has 0 spiro atoms. The number of hydrogen-bond donors (Lipinski definition) is 1. The SMILES string of the molecule is CC(=O)OCC(C)OCC(C)O.CCCCOCCCC. The summed E-state index contributed by atoms with van der Waals surface area (Å²) in [4.78, 5) is 10.4. The van der Waals surface area contributed by atoms with Crippen molar-refractivity contribution in [3.05, 3.63) is 0 Å². The van der Waals surface area contributed by atoms with Crippen molar-refractivity contribution in [2.75, 3.05) is 26.4 Å². The highest BCUT2D eigenvalue weighted by Crippen LogP contribution is 1.94. The smallest absolute Gasteiger partial charge is 0.302 e. The second kappa shape index (κ2) is 17.4. The lowest BCUT2D eigenvalue weighted by molar-refractivity contribution is -0.145. The summed E-state index contributed by atoms with van der Waals surface area (Å²) in [5.41, 5.74) is 0. The highest BCUT2D eigenvalue weighted by molar-refractivity contribution is 5.65. The van der Waals surface area contributed by atoms with Crippen molar-refractivity contribution in [1.29, 1.82) is 0 Å². The van der Waals surface area contributed by atoms with E-state index in [-0.39, 0.29) is 25.3 Å². The van der Waals surface area contributed by atoms with E-state index < -0.39 is 6.10 Å². The second-order valence-corrected chi connectivity index (χ2v) is 5.12. The molecule has 0 amide bonds. The van der Waals surface area contributed by atoms with Gasteiger partial charge in [0.2, 0.25) is 0 Å². The molecule has 5 nitrogen and oxygen atoms in total. The maximum atomic E-state index is 10.4. The highest BCUT2D eigenvalue weighted by atomic mass is 16.6. The summed E-state index contributed by atoms with van der Waals surface area (Å²) in [6.45, 7) is 11.6. The zero-order valence-electron chi connectivity index (χ0n) is 14.4. The molecule has 0 rings (SSSR count). The van der Waals surface area contributed by atoms with Crippen molar-refractivity contribution < 1.29 is 24.1 Å². The zero-order valence-corrected chi connectivity index (χ0v) is 14.4. The molecule has 0 fully saturated rings. The third-order valence-corrected chi connectivity index (χ3v) is 2.43. The standard InChI is InChI=1S/C8H16O4.C8H18O/c1-6(9)4-11-7(2)5-12-8(3)10;1-3-5-7-9-8-6-4-2/h6-7,9H,4-5H2,1-3H3;3-8H2,1-2H3. The fourth-order valence-corrected chi connectivity index (χ4v) is 1.18. The summed E-state index contributed by atoms with van der Waals surface area (Å²) < 4.78 is 15.1. The first-order valence-electron chi connectivity index (χ1n) is 7.94. The van der Waals surface area contributed by atoms with Gasteiger partial charge in [0.25, 0.3) is 0 Å². The van der Waals surface area contributed by atoms with Crippen LogP contribution in [0.25, 0.3) is 0 Å². The van der Waals surface area contributed by atoms with Crippen molar-refractivity contribution in [3.8, 4) is 0 Å². The molecule has 128 valence electrons. The summed E-state index contributed by atoms with van der Waals surface area (Å²) in [5, 5.41) is 8.85. The Labute approximate surface area is 130 Å². The molecular formula is C16H34O5. The third kappa shape index (κ3) is 24.7. The van der Waals surface area contributed by atoms with Crippen LogP contribution in [-0.2, 0) is 19.0 Å². The van der Waals surface area contributed by atoms with Crippen LogP contribution in [0.3, 0.4) is 0 Å². The summed E-state index contributed by atoms with van der Waals surface area (Å²) in [6, 6.07) is 0. The van der Waals surface area contributed by atoms with E-state index in [0.29, 0.717) is 0 Å². The Morgan fingerprint density at radius 2 is 1.57 bits per heavy atom. The molecule has 0 aromatic rings. The summed E-state index contributed by atoms with van der Waals surface area (Å²) in [6.07, 6.45) is 4.26. The van der Waals surface area contributed by atoms with Gasteiger partial charge >= 0.3 is 5.97 Å². The van der Waals surface area contributed by atoms with Crippen LogP contribution in [0.5, 0.6) is 0 Å². The Balaban J connectivity index is 0. The van der Waals surface area contributed by atoms with Gasteiger partial charge in [0.05, 0.1) is 18.8 Å². The van der Waals surface area contributed by atoms with Crippen LogP contribution in [0, 0.1) is 0 Å². The lowest BCUT2D eigenvalue weighted by Gasteiger charge is -2.13. The average Bonchev–Trinajstić information content (AvgIpc) is 2.43. The molecule has 0 saturated carbocycles.